The van der Waals surface area contributed by atoms with Gasteiger partial charge in [0.2, 0.25) is 11.8 Å². The molecule has 4 aromatic rings. The van der Waals surface area contributed by atoms with Gasteiger partial charge in [-0.3, -0.25) is 14.4 Å². The lowest BCUT2D eigenvalue weighted by atomic mass is 9.85. The molecule has 2 aromatic heterocycles. The van der Waals surface area contributed by atoms with Gasteiger partial charge in [0.05, 0.1) is 28.7 Å². The molecule has 1 saturated carbocycles. The second kappa shape index (κ2) is 16.6. The van der Waals surface area contributed by atoms with Crippen LogP contribution in [0.2, 0.25) is 0 Å². The van der Waals surface area contributed by atoms with E-state index < -0.39 is 74.5 Å². The summed E-state index contributed by atoms with van der Waals surface area (Å²) >= 11 is 4.17. The summed E-state index contributed by atoms with van der Waals surface area (Å²) in [6, 6.07) is 17.3. The molecule has 6 rings (SSSR count). The van der Waals surface area contributed by atoms with Crippen molar-refractivity contribution in [3.8, 4) is 22.8 Å². The molecule has 3 heterocycles. The first-order valence-electron chi connectivity index (χ1n) is 18.9. The van der Waals surface area contributed by atoms with E-state index in [2.05, 4.69) is 37.9 Å². The topological polar surface area (TPSA) is 182 Å². The highest BCUT2D eigenvalue weighted by Gasteiger charge is 2.61. The number of nitrogens with one attached hydrogen (secondary N) is 3. The summed E-state index contributed by atoms with van der Waals surface area (Å²) in [4.78, 5) is 62.4. The lowest BCUT2D eigenvalue weighted by Gasteiger charge is -2.36. The molecule has 0 spiro atoms. The van der Waals surface area contributed by atoms with Gasteiger partial charge in [0.25, 0.3) is 15.9 Å². The molecule has 3 N–H and O–H groups in total. The van der Waals surface area contributed by atoms with Crippen LogP contribution in [-0.4, -0.2) is 85.1 Å². The summed E-state index contributed by atoms with van der Waals surface area (Å²) in [6.45, 7) is 14.2. The number of alkyl carbamates (subject to hydrolysis) is 1. The molecule has 59 heavy (non-hydrogen) atoms. The minimum atomic E-state index is -4.28. The average Bonchev–Trinajstić information content (AvgIpc) is 3.43. The predicted molar refractivity (Wildman–Crippen MR) is 227 cm³/mol. The summed E-state index contributed by atoms with van der Waals surface area (Å²) in [6.07, 6.45) is -0.0270. The van der Waals surface area contributed by atoms with Crippen molar-refractivity contribution >= 4 is 72.0 Å². The number of amides is 4. The number of aromatic nitrogens is 1. The molecule has 2 fully saturated rings. The van der Waals surface area contributed by atoms with Gasteiger partial charge < -0.3 is 29.7 Å². The highest BCUT2D eigenvalue weighted by Crippen LogP contribution is 2.45. The van der Waals surface area contributed by atoms with E-state index in [1.165, 1.54) is 17.0 Å². The normalized spacial score (nSPS) is 20.9. The first kappa shape index (κ1) is 43.6. The molecule has 1 unspecified atom stereocenters. The second-order valence-corrected chi connectivity index (χ2v) is 21.1. The summed E-state index contributed by atoms with van der Waals surface area (Å²) in [7, 11) is -2.72. The number of pyridine rings is 1. The fourth-order valence-electron chi connectivity index (χ4n) is 6.99. The Kier molecular flexibility index (Phi) is 12.2. The standard InChI is InChI=1S/C42H48BrN5O9S2/c1-9-25-22-42(25,38(51)47-59(53,54)34-18-17-33(43)58-34)46-36(49)31-20-27(23-48(31)37(50)35(40(2,3)4)45-39(52)57-41(5,6)7)56-32-21-29(24-13-11-10-12-14-24)44-30-19-26(55-8)15-16-28(30)32/h9-19,21,25,27,31,35H,1,20,22-23H2,2-8H3,(H,45,52)(H,46,49)(H,47,51)/t25?,27-,31+,35-,42-/m1/s1. The molecule has 4 amide bonds. The fraction of sp³-hybridized carbons (Fsp3) is 0.405. The number of sulfonamides is 1. The third-order valence-corrected chi connectivity index (χ3v) is 13.5. The van der Waals surface area contributed by atoms with Crippen LogP contribution in [-0.2, 0) is 29.1 Å². The van der Waals surface area contributed by atoms with Crippen molar-refractivity contribution in [1.82, 2.24) is 25.2 Å². The highest BCUT2D eigenvalue weighted by molar-refractivity contribution is 9.11. The van der Waals surface area contributed by atoms with Gasteiger partial charge in [-0.05, 0) is 72.8 Å². The van der Waals surface area contributed by atoms with Crippen LogP contribution in [0.4, 0.5) is 4.79 Å². The zero-order chi connectivity index (χ0) is 43.1. The number of hydrogen-bond donors (Lipinski definition) is 3. The van der Waals surface area contributed by atoms with Crippen LogP contribution in [0.3, 0.4) is 0 Å². The monoisotopic (exact) mass is 909 g/mol. The molecule has 314 valence electrons. The molecule has 2 aromatic carbocycles. The first-order chi connectivity index (χ1) is 27.6. The number of ether oxygens (including phenoxy) is 3. The molecule has 14 nitrogen and oxygen atoms in total. The van der Waals surface area contributed by atoms with Crippen LogP contribution in [0, 0.1) is 11.3 Å². The van der Waals surface area contributed by atoms with E-state index in [1.807, 2.05) is 36.4 Å². The van der Waals surface area contributed by atoms with Crippen LogP contribution in [0.25, 0.3) is 22.2 Å². The lowest BCUT2D eigenvalue weighted by molar-refractivity contribution is -0.143. The van der Waals surface area contributed by atoms with Crippen molar-refractivity contribution in [2.24, 2.45) is 11.3 Å². The van der Waals surface area contributed by atoms with Gasteiger partial charge in [-0.1, -0.05) is 57.2 Å². The van der Waals surface area contributed by atoms with Crippen molar-refractivity contribution in [2.75, 3.05) is 13.7 Å². The average molecular weight is 911 g/mol. The van der Waals surface area contributed by atoms with Gasteiger partial charge in [0, 0.05) is 35.4 Å². The summed E-state index contributed by atoms with van der Waals surface area (Å²) in [5, 5.41) is 6.19. The molecule has 0 radical (unpaired) electrons. The number of likely N-dealkylation sites (tertiary alicyclic amines) is 1. The summed E-state index contributed by atoms with van der Waals surface area (Å²) < 4.78 is 46.7. The number of halogens is 1. The SMILES string of the molecule is C=CC1C[C@]1(NC(=O)[C@@H]1C[C@@H](Oc2cc(-c3ccccc3)nc3cc(OC)ccc23)CN1C(=O)[C@@H](NC(=O)OC(C)(C)C)C(C)(C)C)C(=O)NS(=O)(=O)c1ccc(Br)s1. The molecule has 0 bridgehead atoms. The quantitative estimate of drug-likeness (QED) is 0.131. The Labute approximate surface area is 356 Å². The van der Waals surface area contributed by atoms with Gasteiger partial charge in [0.1, 0.15) is 45.0 Å². The number of carbonyl (C=O) groups excluding carboxylic acids is 4. The molecular weight excluding hydrogens is 863 g/mol. The van der Waals surface area contributed by atoms with E-state index in [4.69, 9.17) is 19.2 Å². The number of nitrogens with zero attached hydrogens (tertiary/aromatic N) is 2. The van der Waals surface area contributed by atoms with E-state index in [0.29, 0.717) is 31.9 Å². The molecule has 5 atom stereocenters. The van der Waals surface area contributed by atoms with Crippen molar-refractivity contribution in [3.63, 3.8) is 0 Å². The second-order valence-electron chi connectivity index (χ2n) is 16.7. The number of carbonyl (C=O) groups is 4. The number of hydrogen-bond acceptors (Lipinski definition) is 11. The molecule has 1 aliphatic carbocycles. The minimum absolute atomic E-state index is 0.0144. The maximum absolute atomic E-state index is 14.7. The van der Waals surface area contributed by atoms with Crippen molar-refractivity contribution in [3.05, 3.63) is 83.2 Å². The van der Waals surface area contributed by atoms with Crippen LogP contribution in [0.1, 0.15) is 54.4 Å². The highest BCUT2D eigenvalue weighted by atomic mass is 79.9. The van der Waals surface area contributed by atoms with Crippen LogP contribution in [0.15, 0.2) is 87.4 Å². The van der Waals surface area contributed by atoms with E-state index in [1.54, 1.807) is 72.9 Å². The first-order valence-corrected chi connectivity index (χ1v) is 22.0. The molecule has 2 aliphatic rings. The van der Waals surface area contributed by atoms with Crippen molar-refractivity contribution < 1.29 is 41.8 Å². The zero-order valence-electron chi connectivity index (χ0n) is 33.8. The largest absolute Gasteiger partial charge is 0.497 e. The third-order valence-electron chi connectivity index (χ3n) is 10.1. The maximum atomic E-state index is 14.7. The van der Waals surface area contributed by atoms with Crippen LogP contribution in [0.5, 0.6) is 11.5 Å². The van der Waals surface area contributed by atoms with Gasteiger partial charge in [-0.15, -0.1) is 17.9 Å². The molecular formula is C42H48BrN5O9S2. The number of benzene rings is 2. The van der Waals surface area contributed by atoms with Crippen LogP contribution < -0.4 is 24.8 Å². The zero-order valence-corrected chi connectivity index (χ0v) is 37.0. The Morgan fingerprint density at radius 1 is 1.03 bits per heavy atom. The number of methoxy groups -OCH3 is 1. The van der Waals surface area contributed by atoms with Gasteiger partial charge in [-0.25, -0.2) is 22.9 Å². The van der Waals surface area contributed by atoms with Crippen molar-refractivity contribution in [1.29, 1.82) is 0 Å². The Hall–Kier alpha value is -5.00. The Bertz CT molecular complexity index is 2390. The van der Waals surface area contributed by atoms with E-state index in [9.17, 15) is 27.6 Å². The van der Waals surface area contributed by atoms with Crippen LogP contribution >= 0.6 is 27.3 Å². The number of rotatable bonds is 12. The molecule has 17 heteroatoms. The summed E-state index contributed by atoms with van der Waals surface area (Å²) in [5.41, 5.74) is -1.31. The van der Waals surface area contributed by atoms with Gasteiger partial charge in [-0.2, -0.15) is 0 Å². The van der Waals surface area contributed by atoms with E-state index in [0.717, 1.165) is 16.9 Å². The number of thiophene rings is 1. The van der Waals surface area contributed by atoms with E-state index >= 15 is 0 Å². The lowest BCUT2D eigenvalue weighted by Crippen LogP contribution is -2.60. The predicted octanol–water partition coefficient (Wildman–Crippen LogP) is 6.59. The Balaban J connectivity index is 1.35. The Morgan fingerprint density at radius 2 is 1.75 bits per heavy atom. The maximum Gasteiger partial charge on any atom is 0.408 e. The van der Waals surface area contributed by atoms with Gasteiger partial charge in [0.15, 0.2) is 0 Å². The van der Waals surface area contributed by atoms with E-state index in [-0.39, 0.29) is 23.6 Å². The number of fused-ring (bicyclic) bond motifs is 1. The smallest absolute Gasteiger partial charge is 0.408 e. The third kappa shape index (κ3) is 9.73. The summed E-state index contributed by atoms with van der Waals surface area (Å²) in [5.74, 6) is -1.78. The molecule has 1 saturated heterocycles. The van der Waals surface area contributed by atoms with Crippen molar-refractivity contribution in [2.45, 2.75) is 87.9 Å². The molecule has 1 aliphatic heterocycles. The Morgan fingerprint density at radius 3 is 2.34 bits per heavy atom. The minimum Gasteiger partial charge on any atom is -0.497 e. The van der Waals surface area contributed by atoms with Gasteiger partial charge >= 0.3 is 6.09 Å². The fourth-order valence-corrected chi connectivity index (χ4v) is 10.0.